The molecule has 3 nitrogen and oxygen atoms in total. The molecule has 1 rings (SSSR count). The Morgan fingerprint density at radius 1 is 1.37 bits per heavy atom. The van der Waals surface area contributed by atoms with E-state index in [0.29, 0.717) is 11.5 Å². The highest BCUT2D eigenvalue weighted by Crippen LogP contribution is 2.41. The first-order valence-electron chi connectivity index (χ1n) is 6.91. The maximum absolute atomic E-state index is 12.0. The Morgan fingerprint density at radius 3 is 2.53 bits per heavy atom. The van der Waals surface area contributed by atoms with Crippen LogP contribution in [-0.2, 0) is 14.0 Å². The van der Waals surface area contributed by atoms with Gasteiger partial charge in [0.15, 0.2) is 0 Å². The van der Waals surface area contributed by atoms with Gasteiger partial charge in [0.25, 0.3) is 0 Å². The predicted octanol–water partition coefficient (Wildman–Crippen LogP) is 4.31. The van der Waals surface area contributed by atoms with Crippen LogP contribution in [0.25, 0.3) is 0 Å². The van der Waals surface area contributed by atoms with E-state index < -0.39 is 8.32 Å². The average molecular weight is 303 g/mol. The van der Waals surface area contributed by atoms with Crippen LogP contribution in [0.5, 0.6) is 0 Å². The molecule has 0 fully saturated rings. The second-order valence-corrected chi connectivity index (χ2v) is 12.1. The summed E-state index contributed by atoms with van der Waals surface area (Å²) in [5.41, 5.74) is 0. The largest absolute Gasteiger partial charge is 0.545 e. The van der Waals surface area contributed by atoms with Crippen molar-refractivity contribution in [1.82, 2.24) is 0 Å². The number of ether oxygens (including phenoxy) is 1. The summed E-state index contributed by atoms with van der Waals surface area (Å²) < 4.78 is 11.4. The van der Waals surface area contributed by atoms with Crippen LogP contribution in [0.3, 0.4) is 0 Å². The summed E-state index contributed by atoms with van der Waals surface area (Å²) in [6.45, 7) is 13.3. The molecule has 0 aromatic rings. The highest BCUT2D eigenvalue weighted by Gasteiger charge is 2.40. The molecule has 0 unspecified atom stereocenters. The van der Waals surface area contributed by atoms with Crippen molar-refractivity contribution in [3.05, 3.63) is 10.7 Å². The highest BCUT2D eigenvalue weighted by atomic mass is 32.2. The van der Waals surface area contributed by atoms with Crippen LogP contribution < -0.4 is 0 Å². The molecule has 5 heteroatoms. The number of carbonyl (C=O) groups excluding carboxylic acids is 1. The molecule has 0 saturated carbocycles. The Balaban J connectivity index is 2.96. The Bertz CT molecular complexity index is 369. The summed E-state index contributed by atoms with van der Waals surface area (Å²) in [7, 11) is -1.88. The zero-order chi connectivity index (χ0) is 14.7. The van der Waals surface area contributed by atoms with Gasteiger partial charge in [-0.2, -0.15) is 0 Å². The van der Waals surface area contributed by atoms with Crippen LogP contribution >= 0.6 is 11.8 Å². The van der Waals surface area contributed by atoms with E-state index in [-0.39, 0.29) is 11.0 Å². The molecule has 1 aliphatic heterocycles. The molecule has 0 atom stereocenters. The lowest BCUT2D eigenvalue weighted by Crippen LogP contribution is -2.41. The molecule has 19 heavy (non-hydrogen) atoms. The highest BCUT2D eigenvalue weighted by molar-refractivity contribution is 8.04. The minimum atomic E-state index is -1.88. The second kappa shape index (κ2) is 6.35. The molecule has 0 aromatic carbocycles. The van der Waals surface area contributed by atoms with Gasteiger partial charge in [-0.1, -0.05) is 20.8 Å². The van der Waals surface area contributed by atoms with Crippen LogP contribution in [0, 0.1) is 0 Å². The van der Waals surface area contributed by atoms with Gasteiger partial charge in [0.05, 0.1) is 6.61 Å². The van der Waals surface area contributed by atoms with Crippen molar-refractivity contribution in [2.45, 2.75) is 58.7 Å². The summed E-state index contributed by atoms with van der Waals surface area (Å²) >= 11 is 1.57. The number of thioether (sulfide) groups is 1. The quantitative estimate of drug-likeness (QED) is 0.572. The maximum Gasteiger partial charge on any atom is 0.348 e. The van der Waals surface area contributed by atoms with Crippen molar-refractivity contribution in [3.8, 4) is 0 Å². The third-order valence-corrected chi connectivity index (χ3v) is 9.24. The third-order valence-electron chi connectivity index (χ3n) is 3.69. The van der Waals surface area contributed by atoms with E-state index in [1.165, 1.54) is 0 Å². The summed E-state index contributed by atoms with van der Waals surface area (Å²) in [6, 6.07) is 0. The predicted molar refractivity (Wildman–Crippen MR) is 83.6 cm³/mol. The van der Waals surface area contributed by atoms with Crippen molar-refractivity contribution in [1.29, 1.82) is 0 Å². The Hall–Kier alpha value is -0.423. The normalized spacial score (nSPS) is 17.4. The minimum absolute atomic E-state index is 0.141. The molecule has 0 saturated heterocycles. The molecular weight excluding hydrogens is 276 g/mol. The van der Waals surface area contributed by atoms with Crippen LogP contribution in [0.2, 0.25) is 18.1 Å². The van der Waals surface area contributed by atoms with Gasteiger partial charge >= 0.3 is 5.97 Å². The number of allylic oxidation sites excluding steroid dienone is 1. The van der Waals surface area contributed by atoms with Gasteiger partial charge < -0.3 is 9.16 Å². The summed E-state index contributed by atoms with van der Waals surface area (Å²) in [6.07, 6.45) is 1.92. The molecule has 1 aliphatic rings. The standard InChI is InChI=1S/C14H26O3SSi/c1-7-16-13(15)12-11(9-8-10-18-12)17-19(5,6)14(2,3)4/h7-10H2,1-6H3. The number of hydrogen-bond acceptors (Lipinski definition) is 4. The minimum Gasteiger partial charge on any atom is -0.545 e. The number of carbonyl (C=O) groups is 1. The monoisotopic (exact) mass is 302 g/mol. The van der Waals surface area contributed by atoms with Crippen molar-refractivity contribution >= 4 is 26.0 Å². The molecule has 1 heterocycles. The number of esters is 1. The third kappa shape index (κ3) is 4.28. The van der Waals surface area contributed by atoms with Crippen molar-refractivity contribution in [2.24, 2.45) is 0 Å². The summed E-state index contributed by atoms with van der Waals surface area (Å²) in [5.74, 6) is 1.61. The van der Waals surface area contributed by atoms with Crippen molar-refractivity contribution < 1.29 is 14.0 Å². The van der Waals surface area contributed by atoms with E-state index in [1.807, 2.05) is 6.92 Å². The van der Waals surface area contributed by atoms with Crippen LogP contribution in [-0.4, -0.2) is 26.6 Å². The lowest BCUT2D eigenvalue weighted by molar-refractivity contribution is -0.137. The first-order chi connectivity index (χ1) is 8.69. The van der Waals surface area contributed by atoms with Crippen LogP contribution in [0.15, 0.2) is 10.7 Å². The van der Waals surface area contributed by atoms with E-state index in [4.69, 9.17) is 9.16 Å². The fraction of sp³-hybridized carbons (Fsp3) is 0.786. The Morgan fingerprint density at radius 2 is 2.00 bits per heavy atom. The molecule has 0 radical (unpaired) electrons. The summed E-state index contributed by atoms with van der Waals surface area (Å²) in [4.78, 5) is 12.7. The Kier molecular flexibility index (Phi) is 5.56. The van der Waals surface area contributed by atoms with Gasteiger partial charge in [0, 0.05) is 6.42 Å². The molecule has 0 N–H and O–H groups in total. The van der Waals surface area contributed by atoms with Gasteiger partial charge in [0.1, 0.15) is 10.7 Å². The van der Waals surface area contributed by atoms with Crippen LogP contribution in [0.4, 0.5) is 0 Å². The van der Waals surface area contributed by atoms with E-state index in [9.17, 15) is 4.79 Å². The first kappa shape index (κ1) is 16.6. The molecular formula is C14H26O3SSi. The van der Waals surface area contributed by atoms with Gasteiger partial charge in [0.2, 0.25) is 8.32 Å². The first-order valence-corrected chi connectivity index (χ1v) is 10.8. The SMILES string of the molecule is CCOC(=O)C1=C(O[Si](C)(C)C(C)(C)C)CCCS1. The van der Waals surface area contributed by atoms with Gasteiger partial charge in [-0.3, -0.25) is 0 Å². The molecule has 0 aromatic heterocycles. The van der Waals surface area contributed by atoms with Gasteiger partial charge in [-0.15, -0.1) is 11.8 Å². The lowest BCUT2D eigenvalue weighted by atomic mass is 10.2. The zero-order valence-corrected chi connectivity index (χ0v) is 14.8. The van der Waals surface area contributed by atoms with Crippen molar-refractivity contribution in [2.75, 3.05) is 12.4 Å². The number of rotatable bonds is 4. The molecule has 0 aliphatic carbocycles. The van der Waals surface area contributed by atoms with Gasteiger partial charge in [-0.05, 0) is 37.2 Å². The smallest absolute Gasteiger partial charge is 0.348 e. The average Bonchev–Trinajstić information content (AvgIpc) is 2.28. The molecule has 0 bridgehead atoms. The van der Waals surface area contributed by atoms with E-state index >= 15 is 0 Å². The molecule has 0 amide bonds. The van der Waals surface area contributed by atoms with Crippen molar-refractivity contribution in [3.63, 3.8) is 0 Å². The van der Waals surface area contributed by atoms with Gasteiger partial charge in [-0.25, -0.2) is 4.79 Å². The van der Waals surface area contributed by atoms with E-state index in [0.717, 1.165) is 24.4 Å². The second-order valence-electron chi connectivity index (χ2n) is 6.29. The fourth-order valence-corrected chi connectivity index (χ4v) is 3.70. The van der Waals surface area contributed by atoms with Crippen LogP contribution in [0.1, 0.15) is 40.5 Å². The molecule has 110 valence electrons. The zero-order valence-electron chi connectivity index (χ0n) is 13.0. The van der Waals surface area contributed by atoms with E-state index in [2.05, 4.69) is 33.9 Å². The maximum atomic E-state index is 12.0. The number of hydrogen-bond donors (Lipinski definition) is 0. The molecule has 0 spiro atoms. The fourth-order valence-electron chi connectivity index (χ4n) is 1.53. The summed E-state index contributed by atoms with van der Waals surface area (Å²) in [5, 5.41) is 0.141. The van der Waals surface area contributed by atoms with E-state index in [1.54, 1.807) is 11.8 Å². The lowest BCUT2D eigenvalue weighted by Gasteiger charge is -2.38. The Labute approximate surface area is 122 Å². The topological polar surface area (TPSA) is 35.5 Å².